The molecule has 18 heavy (non-hydrogen) atoms. The van der Waals surface area contributed by atoms with Gasteiger partial charge in [0.25, 0.3) is 0 Å². The zero-order valence-corrected chi connectivity index (χ0v) is 11.4. The summed E-state index contributed by atoms with van der Waals surface area (Å²) >= 11 is 1.97. The second-order valence-corrected chi connectivity index (χ2v) is 5.86. The van der Waals surface area contributed by atoms with Crippen LogP contribution in [0.4, 0.5) is 0 Å². The van der Waals surface area contributed by atoms with Crippen LogP contribution in [0, 0.1) is 11.3 Å². The first-order valence-corrected chi connectivity index (χ1v) is 7.35. The third kappa shape index (κ3) is 3.66. The van der Waals surface area contributed by atoms with Crippen LogP contribution >= 0.6 is 11.8 Å². The number of rotatable bonds is 7. The molecule has 1 aliphatic carbocycles. The van der Waals surface area contributed by atoms with Gasteiger partial charge in [0.15, 0.2) is 6.61 Å². The Kier molecular flexibility index (Phi) is 4.51. The number of hydrogen-bond acceptors (Lipinski definition) is 4. The van der Waals surface area contributed by atoms with Crippen molar-refractivity contribution in [2.75, 3.05) is 19.4 Å². The van der Waals surface area contributed by atoms with E-state index in [1.165, 1.54) is 18.4 Å². The minimum absolute atomic E-state index is 0.105. The molecule has 3 nitrogen and oxygen atoms in total. The van der Waals surface area contributed by atoms with Gasteiger partial charge in [0, 0.05) is 17.8 Å². The maximum atomic E-state index is 8.42. The molecule has 0 heterocycles. The van der Waals surface area contributed by atoms with E-state index in [-0.39, 0.29) is 6.61 Å². The van der Waals surface area contributed by atoms with Crippen molar-refractivity contribution in [3.05, 3.63) is 29.8 Å². The van der Waals surface area contributed by atoms with Gasteiger partial charge < -0.3 is 10.1 Å². The Balaban J connectivity index is 1.74. The van der Waals surface area contributed by atoms with Crippen molar-refractivity contribution < 1.29 is 4.74 Å². The topological polar surface area (TPSA) is 45.0 Å². The Morgan fingerprint density at radius 2 is 2.11 bits per heavy atom. The van der Waals surface area contributed by atoms with Crippen LogP contribution in [0.2, 0.25) is 0 Å². The van der Waals surface area contributed by atoms with E-state index in [9.17, 15) is 0 Å². The van der Waals surface area contributed by atoms with Gasteiger partial charge in [0.05, 0.1) is 0 Å². The highest BCUT2D eigenvalue weighted by Crippen LogP contribution is 2.46. The highest BCUT2D eigenvalue weighted by atomic mass is 32.2. The second kappa shape index (κ2) is 6.12. The molecular formula is C14H18N2OS. The van der Waals surface area contributed by atoms with E-state index < -0.39 is 0 Å². The monoisotopic (exact) mass is 262 g/mol. The van der Waals surface area contributed by atoms with Crippen molar-refractivity contribution in [1.29, 1.82) is 5.26 Å². The summed E-state index contributed by atoms with van der Waals surface area (Å²) in [5.74, 6) is 0.753. The van der Waals surface area contributed by atoms with Gasteiger partial charge in [-0.25, -0.2) is 0 Å². The van der Waals surface area contributed by atoms with Gasteiger partial charge in [0.1, 0.15) is 11.8 Å². The summed E-state index contributed by atoms with van der Waals surface area (Å²) in [6.07, 6.45) is 4.86. The zero-order valence-electron chi connectivity index (χ0n) is 10.6. The van der Waals surface area contributed by atoms with Gasteiger partial charge in [-0.15, -0.1) is 0 Å². The standard InChI is InChI=1S/C14H18N2OS/c1-18-14(6-7-14)11-16-10-12-2-4-13(5-3-12)17-9-8-15/h2-5,16H,6-7,9-11H2,1H3. The summed E-state index contributed by atoms with van der Waals surface area (Å²) in [4.78, 5) is 0. The lowest BCUT2D eigenvalue weighted by atomic mass is 10.2. The predicted octanol–water partition coefficient (Wildman–Crippen LogP) is 2.57. The third-order valence-corrected chi connectivity index (χ3v) is 4.66. The number of nitriles is 1. The van der Waals surface area contributed by atoms with Crippen LogP contribution in [0.25, 0.3) is 0 Å². The number of thioether (sulfide) groups is 1. The Morgan fingerprint density at radius 3 is 2.67 bits per heavy atom. The summed E-state index contributed by atoms with van der Waals surface area (Å²) in [5.41, 5.74) is 1.25. The van der Waals surface area contributed by atoms with E-state index in [1.807, 2.05) is 42.1 Å². The van der Waals surface area contributed by atoms with E-state index >= 15 is 0 Å². The SMILES string of the molecule is CSC1(CNCc2ccc(OCC#N)cc2)CC1. The number of ether oxygens (including phenoxy) is 1. The molecule has 0 amide bonds. The van der Waals surface area contributed by atoms with Gasteiger partial charge in [-0.2, -0.15) is 17.0 Å². The summed E-state index contributed by atoms with van der Waals surface area (Å²) in [5, 5.41) is 11.9. The highest BCUT2D eigenvalue weighted by Gasteiger charge is 2.41. The largest absolute Gasteiger partial charge is 0.479 e. The molecule has 0 aliphatic heterocycles. The fourth-order valence-electron chi connectivity index (χ4n) is 1.85. The molecule has 0 bridgehead atoms. The smallest absolute Gasteiger partial charge is 0.174 e. The van der Waals surface area contributed by atoms with Crippen molar-refractivity contribution in [3.63, 3.8) is 0 Å². The van der Waals surface area contributed by atoms with E-state index in [0.29, 0.717) is 4.75 Å². The van der Waals surface area contributed by atoms with E-state index in [0.717, 1.165) is 18.8 Å². The van der Waals surface area contributed by atoms with Crippen molar-refractivity contribution in [1.82, 2.24) is 5.32 Å². The molecule has 1 aromatic carbocycles. The number of nitrogens with one attached hydrogen (secondary N) is 1. The van der Waals surface area contributed by atoms with Gasteiger partial charge >= 0.3 is 0 Å². The van der Waals surface area contributed by atoms with Crippen molar-refractivity contribution in [2.45, 2.75) is 24.1 Å². The van der Waals surface area contributed by atoms with Crippen LogP contribution in [-0.4, -0.2) is 24.2 Å². The quantitative estimate of drug-likeness (QED) is 0.820. The van der Waals surface area contributed by atoms with Crippen LogP contribution in [0.15, 0.2) is 24.3 Å². The average Bonchev–Trinajstić information content (AvgIpc) is 3.18. The van der Waals surface area contributed by atoms with Crippen LogP contribution < -0.4 is 10.1 Å². The van der Waals surface area contributed by atoms with Crippen LogP contribution in [-0.2, 0) is 6.54 Å². The molecule has 0 saturated heterocycles. The summed E-state index contributed by atoms with van der Waals surface area (Å²) in [6.45, 7) is 2.08. The first-order chi connectivity index (χ1) is 8.78. The molecule has 2 rings (SSSR count). The molecule has 1 saturated carbocycles. The van der Waals surface area contributed by atoms with Gasteiger partial charge in [0.2, 0.25) is 0 Å². The van der Waals surface area contributed by atoms with E-state index in [4.69, 9.17) is 10.00 Å². The molecule has 4 heteroatoms. The molecule has 1 fully saturated rings. The predicted molar refractivity (Wildman–Crippen MR) is 74.7 cm³/mol. The summed E-state index contributed by atoms with van der Waals surface area (Å²) in [7, 11) is 0. The lowest BCUT2D eigenvalue weighted by Crippen LogP contribution is -2.25. The molecule has 0 atom stereocenters. The van der Waals surface area contributed by atoms with Crippen molar-refractivity contribution in [3.8, 4) is 11.8 Å². The van der Waals surface area contributed by atoms with E-state index in [1.54, 1.807) is 0 Å². The van der Waals surface area contributed by atoms with E-state index in [2.05, 4.69) is 11.6 Å². The van der Waals surface area contributed by atoms with Gasteiger partial charge in [-0.1, -0.05) is 12.1 Å². The molecule has 96 valence electrons. The summed E-state index contributed by atoms with van der Waals surface area (Å²) < 4.78 is 5.72. The normalized spacial score (nSPS) is 16.0. The van der Waals surface area contributed by atoms with Crippen LogP contribution in [0.5, 0.6) is 5.75 Å². The molecule has 1 aliphatic rings. The Morgan fingerprint density at radius 1 is 1.39 bits per heavy atom. The first kappa shape index (κ1) is 13.3. The third-order valence-electron chi connectivity index (χ3n) is 3.24. The number of hydrogen-bond donors (Lipinski definition) is 1. The number of nitrogens with zero attached hydrogens (tertiary/aromatic N) is 1. The summed E-state index contributed by atoms with van der Waals surface area (Å²) in [6, 6.07) is 9.86. The molecule has 0 spiro atoms. The molecule has 0 radical (unpaired) electrons. The molecule has 0 unspecified atom stereocenters. The molecule has 1 N–H and O–H groups in total. The average molecular weight is 262 g/mol. The zero-order chi connectivity index (χ0) is 12.8. The lowest BCUT2D eigenvalue weighted by molar-refractivity contribution is 0.368. The Hall–Kier alpha value is -1.18. The Labute approximate surface area is 113 Å². The maximum Gasteiger partial charge on any atom is 0.174 e. The molecular weight excluding hydrogens is 244 g/mol. The van der Waals surface area contributed by atoms with Crippen LogP contribution in [0.3, 0.4) is 0 Å². The maximum absolute atomic E-state index is 8.42. The minimum atomic E-state index is 0.105. The Bertz CT molecular complexity index is 420. The highest BCUT2D eigenvalue weighted by molar-refractivity contribution is 8.00. The van der Waals surface area contributed by atoms with Crippen molar-refractivity contribution in [2.24, 2.45) is 0 Å². The van der Waals surface area contributed by atoms with Gasteiger partial charge in [-0.05, 0) is 36.8 Å². The first-order valence-electron chi connectivity index (χ1n) is 6.13. The van der Waals surface area contributed by atoms with Crippen LogP contribution in [0.1, 0.15) is 18.4 Å². The fourth-order valence-corrected chi connectivity index (χ4v) is 2.60. The molecule has 0 aromatic heterocycles. The lowest BCUT2D eigenvalue weighted by Gasteiger charge is -2.13. The number of benzene rings is 1. The second-order valence-electron chi connectivity index (χ2n) is 4.58. The fraction of sp³-hybridized carbons (Fsp3) is 0.500. The van der Waals surface area contributed by atoms with Gasteiger partial charge in [-0.3, -0.25) is 0 Å². The molecule has 1 aromatic rings. The minimum Gasteiger partial charge on any atom is -0.479 e. The van der Waals surface area contributed by atoms with Crippen molar-refractivity contribution >= 4 is 11.8 Å².